The zero-order valence-electron chi connectivity index (χ0n) is 21.3. The number of likely N-dealkylation sites (N-methyl/N-ethyl adjacent to an activating group) is 1. The van der Waals surface area contributed by atoms with Crippen LogP contribution >= 0.6 is 11.3 Å². The minimum Gasteiger partial charge on any atom is -0.496 e. The van der Waals surface area contributed by atoms with Crippen molar-refractivity contribution >= 4 is 27.5 Å². The maximum atomic E-state index is 13.8. The number of ether oxygens (including phenoxy) is 1. The minimum atomic E-state index is -0.968. The van der Waals surface area contributed by atoms with Gasteiger partial charge in [-0.05, 0) is 45.7 Å². The number of amides is 1. The summed E-state index contributed by atoms with van der Waals surface area (Å²) in [7, 11) is 3.28. The second kappa shape index (κ2) is 10.1. The van der Waals surface area contributed by atoms with Crippen molar-refractivity contribution in [2.75, 3.05) is 14.2 Å². The molecule has 0 aliphatic heterocycles. The van der Waals surface area contributed by atoms with E-state index in [1.54, 1.807) is 42.9 Å². The van der Waals surface area contributed by atoms with Gasteiger partial charge in [-0.15, -0.1) is 4.80 Å². The van der Waals surface area contributed by atoms with Gasteiger partial charge in [-0.25, -0.2) is 9.36 Å². The monoisotopic (exact) mass is 510 g/mol. The summed E-state index contributed by atoms with van der Waals surface area (Å²) in [5.41, 5.74) is 0.576. The first-order chi connectivity index (χ1) is 17.2. The van der Waals surface area contributed by atoms with Crippen LogP contribution in [0.5, 0.6) is 5.75 Å². The van der Waals surface area contributed by atoms with E-state index in [1.165, 1.54) is 16.1 Å². The topological polar surface area (TPSA) is 104 Å². The number of nitrogens with zero attached hydrogens (tertiary/aromatic N) is 6. The Hall–Kier alpha value is -3.73. The molecule has 4 rings (SSSR count). The second-order valence-corrected chi connectivity index (χ2v) is 9.90. The van der Waals surface area contributed by atoms with E-state index >= 15 is 0 Å². The molecule has 0 N–H and O–H groups in total. The number of carbonyl (C=O) groups excluding carboxylic acids is 1. The molecule has 0 radical (unpaired) electrons. The molecule has 1 atom stereocenters. The number of aryl methyl sites for hydroxylation is 3. The molecule has 3 heterocycles. The lowest BCUT2D eigenvalue weighted by atomic mass is 10.1. The molecule has 0 saturated carbocycles. The van der Waals surface area contributed by atoms with E-state index in [2.05, 4.69) is 10.2 Å². The van der Waals surface area contributed by atoms with Crippen molar-refractivity contribution in [3.05, 3.63) is 68.6 Å². The Bertz CT molecular complexity index is 1520. The van der Waals surface area contributed by atoms with Crippen LogP contribution in [0.1, 0.15) is 37.9 Å². The maximum Gasteiger partial charge on any atom is 0.332 e. The van der Waals surface area contributed by atoms with E-state index in [4.69, 9.17) is 4.74 Å². The van der Waals surface area contributed by atoms with Gasteiger partial charge in [-0.3, -0.25) is 14.2 Å². The lowest BCUT2D eigenvalue weighted by Gasteiger charge is -2.26. The Labute approximate surface area is 212 Å². The lowest BCUT2D eigenvalue weighted by Crippen LogP contribution is -2.47. The Morgan fingerprint density at radius 2 is 1.81 bits per heavy atom. The Kier molecular flexibility index (Phi) is 7.11. The van der Waals surface area contributed by atoms with E-state index in [0.717, 1.165) is 15.9 Å². The molecule has 1 aromatic carbocycles. The molecule has 1 amide bonds. The fourth-order valence-corrected chi connectivity index (χ4v) is 5.44. The third kappa shape index (κ3) is 4.34. The van der Waals surface area contributed by atoms with E-state index < -0.39 is 17.3 Å². The van der Waals surface area contributed by atoms with E-state index in [-0.39, 0.29) is 11.9 Å². The average molecular weight is 511 g/mol. The van der Waals surface area contributed by atoms with E-state index in [0.29, 0.717) is 33.7 Å². The van der Waals surface area contributed by atoms with Crippen LogP contribution in [0.15, 0.2) is 46.2 Å². The molecule has 10 nitrogen and oxygen atoms in total. The van der Waals surface area contributed by atoms with E-state index in [1.807, 2.05) is 45.0 Å². The lowest BCUT2D eigenvalue weighted by molar-refractivity contribution is -0.134. The first-order valence-electron chi connectivity index (χ1n) is 11.7. The van der Waals surface area contributed by atoms with Crippen molar-refractivity contribution in [1.82, 2.24) is 29.0 Å². The second-order valence-electron chi connectivity index (χ2n) is 8.92. The fraction of sp³-hybridized carbons (Fsp3) is 0.400. The molecule has 0 aliphatic rings. The Morgan fingerprint density at radius 3 is 2.44 bits per heavy atom. The number of hydrogen-bond acceptors (Lipinski definition) is 7. The largest absolute Gasteiger partial charge is 0.496 e. The maximum absolute atomic E-state index is 13.8. The van der Waals surface area contributed by atoms with Crippen LogP contribution in [0.3, 0.4) is 0 Å². The average Bonchev–Trinajstić information content (AvgIpc) is 3.51. The number of hydrogen-bond donors (Lipinski definition) is 0. The van der Waals surface area contributed by atoms with Crippen molar-refractivity contribution < 1.29 is 9.53 Å². The number of rotatable bonds is 8. The highest BCUT2D eigenvalue weighted by Gasteiger charge is 2.28. The normalized spacial score (nSPS) is 12.3. The molecular formula is C25H30N6O4S. The summed E-state index contributed by atoms with van der Waals surface area (Å²) in [5.74, 6) is 0.419. The molecule has 11 heteroatoms. The van der Waals surface area contributed by atoms with Gasteiger partial charge >= 0.3 is 5.69 Å². The molecule has 190 valence electrons. The number of carbonyl (C=O) groups is 1. The summed E-state index contributed by atoms with van der Waals surface area (Å²) in [4.78, 5) is 44.2. The molecule has 0 saturated heterocycles. The van der Waals surface area contributed by atoms with Gasteiger partial charge in [0.2, 0.25) is 5.91 Å². The van der Waals surface area contributed by atoms with Crippen LogP contribution in [0.4, 0.5) is 0 Å². The van der Waals surface area contributed by atoms with Crippen molar-refractivity contribution in [3.8, 4) is 10.8 Å². The van der Waals surface area contributed by atoms with Crippen molar-refractivity contribution in [1.29, 1.82) is 0 Å². The molecule has 0 spiro atoms. The molecule has 1 unspecified atom stereocenters. The minimum absolute atomic E-state index is 0.0764. The summed E-state index contributed by atoms with van der Waals surface area (Å²) in [6.45, 7) is 7.47. The Balaban J connectivity index is 1.93. The van der Waals surface area contributed by atoms with Crippen LogP contribution in [-0.4, -0.2) is 55.1 Å². The first kappa shape index (κ1) is 25.4. The van der Waals surface area contributed by atoms with Gasteiger partial charge in [-0.1, -0.05) is 29.5 Å². The number of aromatic nitrogens is 5. The molecular weight excluding hydrogens is 480 g/mol. The molecule has 4 aromatic rings. The summed E-state index contributed by atoms with van der Waals surface area (Å²) in [6.07, 6.45) is 3.61. The van der Waals surface area contributed by atoms with E-state index in [9.17, 15) is 14.4 Å². The van der Waals surface area contributed by atoms with Crippen molar-refractivity contribution in [2.24, 2.45) is 0 Å². The zero-order chi connectivity index (χ0) is 26.1. The smallest absolute Gasteiger partial charge is 0.332 e. The molecule has 0 fully saturated rings. The van der Waals surface area contributed by atoms with Crippen LogP contribution in [0.2, 0.25) is 0 Å². The summed E-state index contributed by atoms with van der Waals surface area (Å²) in [6, 6.07) is 6.57. The standard InChI is InChI=1S/C25H30N6O4S/c1-15(2)28(5)21(32)17(4)30-22(33)20-16(3)23(31-26-12-13-27-31)36-24(20)29(25(30)34)14-11-18-9-7-8-10-19(18)35-6/h7-10,12-13,15,17H,11,14H2,1-6H3. The number of para-hydroxylation sites is 1. The quantitative estimate of drug-likeness (QED) is 0.361. The van der Waals surface area contributed by atoms with Gasteiger partial charge in [-0.2, -0.15) is 10.2 Å². The summed E-state index contributed by atoms with van der Waals surface area (Å²) >= 11 is 1.28. The highest BCUT2D eigenvalue weighted by atomic mass is 32.1. The van der Waals surface area contributed by atoms with Gasteiger partial charge in [0.1, 0.15) is 21.6 Å². The van der Waals surface area contributed by atoms with Gasteiger partial charge in [0.25, 0.3) is 5.56 Å². The van der Waals surface area contributed by atoms with Crippen LogP contribution in [-0.2, 0) is 17.8 Å². The number of methoxy groups -OCH3 is 1. The fourth-order valence-electron chi connectivity index (χ4n) is 4.20. The SMILES string of the molecule is COc1ccccc1CCn1c(=O)n(C(C)C(=O)N(C)C(C)C)c(=O)c2c(C)c(-n3nccn3)sc21. The third-order valence-electron chi connectivity index (χ3n) is 6.48. The number of thiophene rings is 1. The van der Waals surface area contributed by atoms with Gasteiger partial charge < -0.3 is 9.64 Å². The van der Waals surface area contributed by atoms with Crippen LogP contribution in [0, 0.1) is 6.92 Å². The van der Waals surface area contributed by atoms with Crippen molar-refractivity contribution in [2.45, 2.75) is 52.7 Å². The van der Waals surface area contributed by atoms with Gasteiger partial charge in [0.05, 0.1) is 24.9 Å². The molecule has 3 aromatic heterocycles. The van der Waals surface area contributed by atoms with Gasteiger partial charge in [0, 0.05) is 25.2 Å². The third-order valence-corrected chi connectivity index (χ3v) is 7.76. The van der Waals surface area contributed by atoms with Gasteiger partial charge in [0.15, 0.2) is 0 Å². The highest BCUT2D eigenvalue weighted by Crippen LogP contribution is 2.31. The molecule has 0 aliphatic carbocycles. The zero-order valence-corrected chi connectivity index (χ0v) is 22.1. The number of fused-ring (bicyclic) bond motifs is 1. The molecule has 36 heavy (non-hydrogen) atoms. The highest BCUT2D eigenvalue weighted by molar-refractivity contribution is 7.21. The van der Waals surface area contributed by atoms with Crippen molar-refractivity contribution in [3.63, 3.8) is 0 Å². The molecule has 0 bridgehead atoms. The summed E-state index contributed by atoms with van der Waals surface area (Å²) in [5, 5.41) is 9.46. The predicted molar refractivity (Wildman–Crippen MR) is 139 cm³/mol. The predicted octanol–water partition coefficient (Wildman–Crippen LogP) is 2.79. The van der Waals surface area contributed by atoms with Crippen LogP contribution in [0.25, 0.3) is 15.2 Å². The summed E-state index contributed by atoms with van der Waals surface area (Å²) < 4.78 is 8.13. The first-order valence-corrected chi connectivity index (χ1v) is 12.5. The Morgan fingerprint density at radius 1 is 1.14 bits per heavy atom. The van der Waals surface area contributed by atoms with Crippen LogP contribution < -0.4 is 16.0 Å². The number of benzene rings is 1.